The quantitative estimate of drug-likeness (QED) is 0.629. The maximum atomic E-state index is 11.9. The van der Waals surface area contributed by atoms with E-state index >= 15 is 0 Å². The number of carbonyl (C=O) groups is 3. The second-order valence-corrected chi connectivity index (χ2v) is 7.29. The van der Waals surface area contributed by atoms with Crippen LogP contribution in [0.2, 0.25) is 0 Å². The molecule has 1 aliphatic heterocycles. The molecule has 10 heteroatoms. The van der Waals surface area contributed by atoms with Crippen molar-refractivity contribution in [2.24, 2.45) is 5.92 Å². The number of thioether (sulfide) groups is 1. The van der Waals surface area contributed by atoms with Crippen LogP contribution in [-0.2, 0) is 16.0 Å². The highest BCUT2D eigenvalue weighted by molar-refractivity contribution is 7.99. The van der Waals surface area contributed by atoms with Gasteiger partial charge in [-0.1, -0.05) is 24.6 Å². The number of amides is 4. The zero-order valence-electron chi connectivity index (χ0n) is 13.9. The van der Waals surface area contributed by atoms with E-state index < -0.39 is 11.9 Å². The number of rotatable bonds is 6. The van der Waals surface area contributed by atoms with Gasteiger partial charge < -0.3 is 15.1 Å². The number of carbonyl (C=O) groups excluding carboxylic acids is 3. The van der Waals surface area contributed by atoms with Crippen LogP contribution in [0.4, 0.5) is 4.79 Å². The van der Waals surface area contributed by atoms with Gasteiger partial charge in [0, 0.05) is 18.5 Å². The zero-order chi connectivity index (χ0) is 17.8. The van der Waals surface area contributed by atoms with Crippen LogP contribution in [0, 0.1) is 5.92 Å². The Labute approximate surface area is 149 Å². The third-order valence-electron chi connectivity index (χ3n) is 4.43. The molecule has 1 saturated carbocycles. The van der Waals surface area contributed by atoms with Crippen molar-refractivity contribution in [3.8, 4) is 0 Å². The van der Waals surface area contributed by atoms with Crippen molar-refractivity contribution in [3.63, 3.8) is 0 Å². The van der Waals surface area contributed by atoms with Crippen LogP contribution < -0.4 is 16.0 Å². The van der Waals surface area contributed by atoms with E-state index in [9.17, 15) is 14.4 Å². The van der Waals surface area contributed by atoms with Crippen molar-refractivity contribution in [2.75, 3.05) is 5.75 Å². The Balaban J connectivity index is 1.47. The van der Waals surface area contributed by atoms with Crippen LogP contribution in [0.3, 0.4) is 0 Å². The molecule has 1 aliphatic carbocycles. The fourth-order valence-corrected chi connectivity index (χ4v) is 3.67. The fraction of sp³-hybridized carbons (Fsp3) is 0.667. The summed E-state index contributed by atoms with van der Waals surface area (Å²) < 4.78 is 5.50. The Hall–Kier alpha value is -2.10. The summed E-state index contributed by atoms with van der Waals surface area (Å²) in [6.45, 7) is 1.75. The predicted molar refractivity (Wildman–Crippen MR) is 88.8 cm³/mol. The van der Waals surface area contributed by atoms with Crippen LogP contribution in [0.5, 0.6) is 0 Å². The minimum absolute atomic E-state index is 0.0420. The summed E-state index contributed by atoms with van der Waals surface area (Å²) in [5.41, 5.74) is 0. The number of hydrogen-bond donors (Lipinski definition) is 3. The average molecular weight is 367 g/mol. The van der Waals surface area contributed by atoms with Gasteiger partial charge in [0.1, 0.15) is 0 Å². The molecule has 9 nitrogen and oxygen atoms in total. The molecule has 2 aliphatic rings. The van der Waals surface area contributed by atoms with E-state index in [1.54, 1.807) is 6.92 Å². The highest BCUT2D eigenvalue weighted by Crippen LogP contribution is 2.21. The molecular formula is C15H21N5O4S. The highest BCUT2D eigenvalue weighted by Gasteiger charge is 2.34. The van der Waals surface area contributed by atoms with Crippen LogP contribution >= 0.6 is 11.8 Å². The van der Waals surface area contributed by atoms with Crippen LogP contribution in [0.15, 0.2) is 9.64 Å². The van der Waals surface area contributed by atoms with E-state index in [4.69, 9.17) is 4.42 Å². The number of hydrogen-bond acceptors (Lipinski definition) is 7. The number of nitrogens with one attached hydrogen (secondary N) is 3. The van der Waals surface area contributed by atoms with E-state index in [1.165, 1.54) is 24.6 Å². The molecule has 0 aromatic carbocycles. The number of aromatic nitrogens is 2. The lowest BCUT2D eigenvalue weighted by molar-refractivity contribution is -0.125. The summed E-state index contributed by atoms with van der Waals surface area (Å²) in [5, 5.41) is 16.0. The number of urea groups is 1. The molecule has 0 spiro atoms. The van der Waals surface area contributed by atoms with Gasteiger partial charge in [-0.15, -0.1) is 10.2 Å². The lowest BCUT2D eigenvalue weighted by atomic mass is 9.95. The Morgan fingerprint density at radius 1 is 1.32 bits per heavy atom. The molecule has 25 heavy (non-hydrogen) atoms. The Bertz CT molecular complexity index is 658. The minimum Gasteiger partial charge on any atom is -0.416 e. The van der Waals surface area contributed by atoms with E-state index in [1.807, 2.05) is 0 Å². The van der Waals surface area contributed by atoms with Gasteiger partial charge in [-0.25, -0.2) is 4.79 Å². The normalized spacial score (nSPS) is 24.0. The molecule has 2 atom stereocenters. The highest BCUT2D eigenvalue weighted by atomic mass is 32.2. The Kier molecular flexibility index (Phi) is 5.57. The molecule has 1 saturated heterocycles. The predicted octanol–water partition coefficient (Wildman–Crippen LogP) is 0.607. The van der Waals surface area contributed by atoms with Crippen molar-refractivity contribution >= 4 is 29.6 Å². The third-order valence-corrected chi connectivity index (χ3v) is 5.24. The van der Waals surface area contributed by atoms with E-state index in [0.717, 1.165) is 12.8 Å². The second kappa shape index (κ2) is 7.85. The lowest BCUT2D eigenvalue weighted by Gasteiger charge is -2.27. The van der Waals surface area contributed by atoms with Gasteiger partial charge in [0.05, 0.1) is 11.7 Å². The van der Waals surface area contributed by atoms with Gasteiger partial charge in [-0.2, -0.15) is 0 Å². The largest absolute Gasteiger partial charge is 0.416 e. The fourth-order valence-electron chi connectivity index (χ4n) is 3.08. The number of imide groups is 1. The molecule has 1 aromatic rings. The SMILES string of the molecule is CC1NC(=O)NC(=O)C1Cc1nnc(SCC(=O)NC2CCCC2)o1. The topological polar surface area (TPSA) is 126 Å². The van der Waals surface area contributed by atoms with Gasteiger partial charge in [-0.3, -0.25) is 14.9 Å². The van der Waals surface area contributed by atoms with Crippen LogP contribution in [-0.4, -0.2) is 45.9 Å². The summed E-state index contributed by atoms with van der Waals surface area (Å²) in [6.07, 6.45) is 4.64. The zero-order valence-corrected chi connectivity index (χ0v) is 14.7. The van der Waals surface area contributed by atoms with Crippen molar-refractivity contribution in [1.29, 1.82) is 0 Å². The van der Waals surface area contributed by atoms with Gasteiger partial charge in [-0.05, 0) is 19.8 Å². The molecule has 1 aromatic heterocycles. The van der Waals surface area contributed by atoms with Gasteiger partial charge in [0.2, 0.25) is 17.7 Å². The molecule has 3 rings (SSSR count). The smallest absolute Gasteiger partial charge is 0.321 e. The monoisotopic (exact) mass is 367 g/mol. The van der Waals surface area contributed by atoms with E-state index in [2.05, 4.69) is 26.1 Å². The molecule has 4 amide bonds. The molecule has 0 radical (unpaired) electrons. The maximum absolute atomic E-state index is 11.9. The summed E-state index contributed by atoms with van der Waals surface area (Å²) in [5.74, 6) is -0.350. The average Bonchev–Trinajstić information content (AvgIpc) is 3.20. The van der Waals surface area contributed by atoms with E-state index in [-0.39, 0.29) is 36.1 Å². The summed E-state index contributed by atoms with van der Waals surface area (Å²) in [7, 11) is 0. The first kappa shape index (κ1) is 17.7. The summed E-state index contributed by atoms with van der Waals surface area (Å²) in [6, 6.07) is -0.530. The Morgan fingerprint density at radius 3 is 2.80 bits per heavy atom. The van der Waals surface area contributed by atoms with Crippen LogP contribution in [0.1, 0.15) is 38.5 Å². The molecule has 2 fully saturated rings. The first-order valence-electron chi connectivity index (χ1n) is 8.37. The molecule has 136 valence electrons. The first-order valence-corrected chi connectivity index (χ1v) is 9.35. The Morgan fingerprint density at radius 2 is 2.08 bits per heavy atom. The molecule has 2 heterocycles. The van der Waals surface area contributed by atoms with Gasteiger partial charge in [0.25, 0.3) is 5.22 Å². The van der Waals surface area contributed by atoms with Crippen molar-refractivity contribution in [2.45, 2.75) is 56.3 Å². The van der Waals surface area contributed by atoms with E-state index in [0.29, 0.717) is 11.1 Å². The first-order chi connectivity index (χ1) is 12.0. The summed E-state index contributed by atoms with van der Waals surface area (Å²) in [4.78, 5) is 35.0. The number of nitrogens with zero attached hydrogens (tertiary/aromatic N) is 2. The van der Waals surface area contributed by atoms with Crippen molar-refractivity contribution in [3.05, 3.63) is 5.89 Å². The lowest BCUT2D eigenvalue weighted by Crippen LogP contribution is -2.57. The minimum atomic E-state index is -0.496. The third kappa shape index (κ3) is 4.71. The molecule has 0 bridgehead atoms. The van der Waals surface area contributed by atoms with Gasteiger partial charge >= 0.3 is 6.03 Å². The summed E-state index contributed by atoms with van der Waals surface area (Å²) >= 11 is 1.17. The maximum Gasteiger partial charge on any atom is 0.321 e. The van der Waals surface area contributed by atoms with Crippen LogP contribution in [0.25, 0.3) is 0 Å². The van der Waals surface area contributed by atoms with Crippen molar-refractivity contribution < 1.29 is 18.8 Å². The molecule has 2 unspecified atom stereocenters. The van der Waals surface area contributed by atoms with Gasteiger partial charge in [0.15, 0.2) is 0 Å². The van der Waals surface area contributed by atoms with Crippen molar-refractivity contribution in [1.82, 2.24) is 26.1 Å². The molecule has 3 N–H and O–H groups in total. The molecular weight excluding hydrogens is 346 g/mol. The standard InChI is InChI=1S/C15H21N5O4S/c1-8-10(13(22)18-14(23)16-8)6-12-19-20-15(24-12)25-7-11(21)17-9-4-2-3-5-9/h8-10H,2-7H2,1H3,(H,17,21)(H2,16,18,22,23). The second-order valence-electron chi connectivity index (χ2n) is 6.36.